The van der Waals surface area contributed by atoms with E-state index in [2.05, 4.69) is 0 Å². The van der Waals surface area contributed by atoms with E-state index in [0.29, 0.717) is 0 Å². The van der Waals surface area contributed by atoms with Crippen molar-refractivity contribution in [2.45, 2.75) is 4.90 Å². The minimum Gasteiger partial charge on any atom is -1.00 e. The summed E-state index contributed by atoms with van der Waals surface area (Å²) in [6.07, 6.45) is 0. The summed E-state index contributed by atoms with van der Waals surface area (Å²) in [5.41, 5.74) is -1.98. The molecule has 106 valence electrons. The van der Waals surface area contributed by atoms with Crippen molar-refractivity contribution < 1.29 is 63.8 Å². The molecule has 0 spiro atoms. The van der Waals surface area contributed by atoms with Crippen molar-refractivity contribution in [3.05, 3.63) is 26.2 Å². The molecule has 0 bridgehead atoms. The van der Waals surface area contributed by atoms with E-state index < -0.39 is 53.1 Å². The zero-order chi connectivity index (χ0) is 15.1. The molecular formula is C8H4Cl3NaO7S. The number of halogens is 3. The number of carboxylic acids is 2. The predicted octanol–water partition coefficient (Wildman–Crippen LogP) is -0.594. The second-order valence-electron chi connectivity index (χ2n) is 3.11. The molecule has 1 aromatic rings. The molecule has 12 heteroatoms. The van der Waals surface area contributed by atoms with Crippen LogP contribution in [0, 0.1) is 0 Å². The number of benzene rings is 1. The van der Waals surface area contributed by atoms with E-state index in [1.54, 1.807) is 0 Å². The minimum absolute atomic E-state index is 0. The fourth-order valence-corrected chi connectivity index (χ4v) is 3.52. The largest absolute Gasteiger partial charge is 1.00 e. The third kappa shape index (κ3) is 3.58. The normalized spacial score (nSPS) is 10.8. The maximum atomic E-state index is 11.1. The molecule has 0 unspecified atom stereocenters. The first-order valence-corrected chi connectivity index (χ1v) is 6.72. The zero-order valence-corrected chi connectivity index (χ0v) is 14.6. The summed E-state index contributed by atoms with van der Waals surface area (Å²) in [7, 11) is -5.04. The fourth-order valence-electron chi connectivity index (χ4n) is 1.24. The Kier molecular flexibility index (Phi) is 6.78. The van der Waals surface area contributed by atoms with Crippen LogP contribution in [0.4, 0.5) is 0 Å². The van der Waals surface area contributed by atoms with Crippen molar-refractivity contribution in [3.8, 4) is 0 Å². The van der Waals surface area contributed by atoms with Gasteiger partial charge in [0.2, 0.25) is 0 Å². The molecule has 3 N–H and O–H groups in total. The van der Waals surface area contributed by atoms with Gasteiger partial charge in [0.25, 0.3) is 10.1 Å². The van der Waals surface area contributed by atoms with Crippen LogP contribution < -0.4 is 29.6 Å². The van der Waals surface area contributed by atoms with Gasteiger partial charge in [-0.05, 0) is 0 Å². The molecule has 0 aromatic heterocycles. The molecule has 0 saturated carbocycles. The molecule has 20 heavy (non-hydrogen) atoms. The van der Waals surface area contributed by atoms with Gasteiger partial charge in [0, 0.05) is 0 Å². The van der Waals surface area contributed by atoms with Gasteiger partial charge in [-0.1, -0.05) is 34.8 Å². The first-order chi connectivity index (χ1) is 8.50. The summed E-state index contributed by atoms with van der Waals surface area (Å²) in [6.45, 7) is 0. The maximum Gasteiger partial charge on any atom is 1.00 e. The van der Waals surface area contributed by atoms with Crippen molar-refractivity contribution in [1.82, 2.24) is 0 Å². The topological polar surface area (TPSA) is 129 Å². The van der Waals surface area contributed by atoms with Gasteiger partial charge >= 0.3 is 41.5 Å². The first-order valence-electron chi connectivity index (χ1n) is 4.14. The van der Waals surface area contributed by atoms with E-state index >= 15 is 0 Å². The molecule has 0 aliphatic carbocycles. The van der Waals surface area contributed by atoms with Gasteiger partial charge in [0.1, 0.15) is 4.90 Å². The predicted molar refractivity (Wildman–Crippen MR) is 66.3 cm³/mol. The van der Waals surface area contributed by atoms with Crippen LogP contribution in [0.2, 0.25) is 15.1 Å². The van der Waals surface area contributed by atoms with Gasteiger partial charge in [-0.2, -0.15) is 8.42 Å². The molecule has 0 aliphatic heterocycles. The van der Waals surface area contributed by atoms with Crippen molar-refractivity contribution in [2.75, 3.05) is 0 Å². The van der Waals surface area contributed by atoms with E-state index in [-0.39, 0.29) is 31.0 Å². The first kappa shape index (κ1) is 19.9. The van der Waals surface area contributed by atoms with Crippen LogP contribution in [-0.4, -0.2) is 35.1 Å². The maximum absolute atomic E-state index is 11.1. The van der Waals surface area contributed by atoms with Gasteiger partial charge in [-0.25, -0.2) is 9.59 Å². The van der Waals surface area contributed by atoms with E-state index in [0.717, 1.165) is 0 Å². The van der Waals surface area contributed by atoms with E-state index in [1.807, 2.05) is 0 Å². The summed E-state index contributed by atoms with van der Waals surface area (Å²) < 4.78 is 31.1. The van der Waals surface area contributed by atoms with Crippen molar-refractivity contribution in [2.24, 2.45) is 0 Å². The SMILES string of the molecule is O=C(O)c1c(Cl)c(C(=O)O)c(Cl)c(S(=O)(=O)O)c1Cl.[H-].[Na+]. The summed E-state index contributed by atoms with van der Waals surface area (Å²) in [5.74, 6) is -3.56. The fraction of sp³-hybridized carbons (Fsp3) is 0. The third-order valence-electron chi connectivity index (χ3n) is 1.96. The van der Waals surface area contributed by atoms with Gasteiger partial charge < -0.3 is 11.6 Å². The quantitative estimate of drug-likeness (QED) is 0.477. The Labute approximate surface area is 151 Å². The monoisotopic (exact) mass is 372 g/mol. The second-order valence-corrected chi connectivity index (χ2v) is 5.60. The summed E-state index contributed by atoms with van der Waals surface area (Å²) in [4.78, 5) is 20.6. The molecule has 0 atom stereocenters. The Balaban J connectivity index is 0. The Hall–Kier alpha value is -0.0600. The number of hydrogen-bond acceptors (Lipinski definition) is 4. The van der Waals surface area contributed by atoms with Gasteiger partial charge in [-0.3, -0.25) is 4.55 Å². The van der Waals surface area contributed by atoms with E-state index in [1.165, 1.54) is 0 Å². The Bertz CT molecular complexity index is 665. The molecular weight excluding hydrogens is 369 g/mol. The average Bonchev–Trinajstić information content (AvgIpc) is 2.12. The summed E-state index contributed by atoms with van der Waals surface area (Å²) >= 11 is 16.5. The molecule has 0 aliphatic rings. The molecule has 0 amide bonds. The Morgan fingerprint density at radius 2 is 1.20 bits per heavy atom. The van der Waals surface area contributed by atoms with Crippen LogP contribution in [0.25, 0.3) is 0 Å². The molecule has 1 rings (SSSR count). The number of carbonyl (C=O) groups is 2. The molecule has 0 saturated heterocycles. The molecule has 7 nitrogen and oxygen atoms in total. The van der Waals surface area contributed by atoms with Gasteiger partial charge in [-0.15, -0.1) is 0 Å². The number of hydrogen-bond donors (Lipinski definition) is 3. The molecule has 1 aromatic carbocycles. The minimum atomic E-state index is -5.04. The van der Waals surface area contributed by atoms with Gasteiger partial charge in [0.05, 0.1) is 26.2 Å². The third-order valence-corrected chi connectivity index (χ3v) is 4.24. The molecule has 0 heterocycles. The van der Waals surface area contributed by atoms with Crippen LogP contribution >= 0.6 is 34.8 Å². The Morgan fingerprint density at radius 3 is 1.40 bits per heavy atom. The number of carboxylic acid groups (broad SMARTS) is 2. The van der Waals surface area contributed by atoms with Crippen LogP contribution in [0.1, 0.15) is 22.1 Å². The smallest absolute Gasteiger partial charge is 1.00 e. The van der Waals surface area contributed by atoms with E-state index in [4.69, 9.17) is 49.6 Å². The van der Waals surface area contributed by atoms with Crippen molar-refractivity contribution >= 4 is 56.9 Å². The van der Waals surface area contributed by atoms with Crippen LogP contribution in [0.15, 0.2) is 4.90 Å². The van der Waals surface area contributed by atoms with Crippen LogP contribution in [0.3, 0.4) is 0 Å². The van der Waals surface area contributed by atoms with Crippen molar-refractivity contribution in [3.63, 3.8) is 0 Å². The standard InChI is InChI=1S/C8H3Cl3O7S.Na.H/c9-3-1(7(12)13)4(10)6(19(16,17)18)5(11)2(3)8(14)15;;/h(H,12,13)(H,14,15)(H,16,17,18);;/q;+1;-1. The number of aromatic carboxylic acids is 2. The summed E-state index contributed by atoms with van der Waals surface area (Å²) in [6, 6.07) is 0. The average molecular weight is 374 g/mol. The molecule has 0 fully saturated rings. The summed E-state index contributed by atoms with van der Waals surface area (Å²) in [5, 5.41) is 14.9. The number of rotatable bonds is 3. The van der Waals surface area contributed by atoms with Crippen LogP contribution in [0.5, 0.6) is 0 Å². The van der Waals surface area contributed by atoms with Crippen molar-refractivity contribution in [1.29, 1.82) is 0 Å². The van der Waals surface area contributed by atoms with Gasteiger partial charge in [0.15, 0.2) is 0 Å². The second kappa shape index (κ2) is 6.80. The van der Waals surface area contributed by atoms with E-state index in [9.17, 15) is 18.0 Å². The zero-order valence-electron chi connectivity index (χ0n) is 10.5. The van der Waals surface area contributed by atoms with Crippen LogP contribution in [-0.2, 0) is 10.1 Å². The molecule has 0 radical (unpaired) electrons. The Morgan fingerprint density at radius 1 is 0.900 bits per heavy atom.